The van der Waals surface area contributed by atoms with E-state index in [1.165, 1.54) is 0 Å². The maximum atomic E-state index is 12.5. The number of Topliss-reactive ketones (excluding diaryl/α,β-unsaturated/α-hetero) is 2. The third-order valence-electron chi connectivity index (χ3n) is 3.13. The fourth-order valence-corrected chi connectivity index (χ4v) is 3.05. The van der Waals surface area contributed by atoms with Crippen molar-refractivity contribution in [2.75, 3.05) is 0 Å². The van der Waals surface area contributed by atoms with Gasteiger partial charge < -0.3 is 0 Å². The molecule has 2 aromatic rings. The Balaban J connectivity index is 2.13. The lowest BCUT2D eigenvalue weighted by Gasteiger charge is -2.04. The van der Waals surface area contributed by atoms with E-state index < -0.39 is 16.7 Å². The summed E-state index contributed by atoms with van der Waals surface area (Å²) in [7, 11) is 0. The third-order valence-corrected chi connectivity index (χ3v) is 4.15. The van der Waals surface area contributed by atoms with E-state index in [-0.39, 0.29) is 5.57 Å². The molecule has 0 bridgehead atoms. The summed E-state index contributed by atoms with van der Waals surface area (Å²) in [5.41, 5.74) is 1.09. The maximum absolute atomic E-state index is 12.5. The second-order valence-electron chi connectivity index (χ2n) is 4.48. The first-order valence-corrected chi connectivity index (χ1v) is 7.16. The zero-order valence-corrected chi connectivity index (χ0v) is 11.7. The first-order valence-electron chi connectivity index (χ1n) is 6.34. The molecule has 1 aliphatic heterocycles. The minimum Gasteiger partial charge on any atom is -0.288 e. The molecular formula is C17H10O3S. The van der Waals surface area contributed by atoms with Crippen molar-refractivity contribution < 1.29 is 14.4 Å². The fourth-order valence-electron chi connectivity index (χ4n) is 2.13. The number of hydrogen-bond donors (Lipinski definition) is 0. The molecule has 4 heteroatoms. The normalized spacial score (nSPS) is 14.7. The van der Waals surface area contributed by atoms with Gasteiger partial charge in [0.1, 0.15) is 0 Å². The highest BCUT2D eigenvalue weighted by Crippen LogP contribution is 2.39. The van der Waals surface area contributed by atoms with Crippen molar-refractivity contribution in [3.05, 3.63) is 77.4 Å². The van der Waals surface area contributed by atoms with Crippen molar-refractivity contribution in [2.24, 2.45) is 0 Å². The molecule has 2 aromatic carbocycles. The molecule has 0 saturated heterocycles. The molecule has 0 fully saturated rings. The molecule has 3 nitrogen and oxygen atoms in total. The van der Waals surface area contributed by atoms with E-state index in [9.17, 15) is 14.4 Å². The fraction of sp³-hybridized carbons (Fsp3) is 0. The van der Waals surface area contributed by atoms with Crippen LogP contribution < -0.4 is 0 Å². The summed E-state index contributed by atoms with van der Waals surface area (Å²) >= 11 is 0.828. The Kier molecular flexibility index (Phi) is 3.54. The molecule has 0 N–H and O–H groups in total. The zero-order valence-electron chi connectivity index (χ0n) is 10.9. The van der Waals surface area contributed by atoms with Crippen molar-refractivity contribution in [3.8, 4) is 0 Å². The minimum absolute atomic E-state index is 0.0256. The Morgan fingerprint density at radius 3 is 2.05 bits per heavy atom. The van der Waals surface area contributed by atoms with Crippen LogP contribution in [0.3, 0.4) is 0 Å². The molecule has 1 aliphatic rings. The average molecular weight is 295 g/mol. The van der Waals surface area contributed by atoms with E-state index in [1.54, 1.807) is 54.6 Å². The Hall–Kier alpha value is -2.46. The largest absolute Gasteiger partial charge is 0.288 e. The summed E-state index contributed by atoms with van der Waals surface area (Å²) in [5.74, 6) is -1.12. The molecule has 0 spiro atoms. The highest BCUT2D eigenvalue weighted by atomic mass is 32.2. The molecular weight excluding hydrogens is 285 g/mol. The monoisotopic (exact) mass is 295 g/mol. The molecule has 0 saturated carbocycles. The number of carbonyl (C=O) groups excluding carboxylic acids is 3. The predicted molar refractivity (Wildman–Crippen MR) is 81.7 cm³/mol. The van der Waals surface area contributed by atoms with Crippen molar-refractivity contribution in [1.29, 1.82) is 0 Å². The SMILES string of the molecule is O=C1SC(c2ccccc2)=C(C(=[17O])c2ccccc2)C1=O. The third kappa shape index (κ3) is 2.45. The molecule has 0 aromatic heterocycles. The molecule has 0 unspecified atom stereocenters. The van der Waals surface area contributed by atoms with E-state index in [2.05, 4.69) is 0 Å². The summed E-state index contributed by atoms with van der Waals surface area (Å²) in [6, 6.07) is 17.5. The van der Waals surface area contributed by atoms with Crippen LogP contribution in [0, 0.1) is 0 Å². The Bertz CT molecular complexity index is 761. The van der Waals surface area contributed by atoms with Crippen molar-refractivity contribution in [3.63, 3.8) is 0 Å². The van der Waals surface area contributed by atoms with Gasteiger partial charge in [0, 0.05) is 10.5 Å². The van der Waals surface area contributed by atoms with Gasteiger partial charge in [0.25, 0.3) is 5.12 Å². The van der Waals surface area contributed by atoms with Gasteiger partial charge in [0.05, 0.1) is 5.57 Å². The van der Waals surface area contributed by atoms with Crippen molar-refractivity contribution in [2.45, 2.75) is 0 Å². The number of carbonyl (C=O) groups is 3. The highest BCUT2D eigenvalue weighted by molar-refractivity contribution is 8.24. The van der Waals surface area contributed by atoms with Crippen LogP contribution in [0.4, 0.5) is 0 Å². The summed E-state index contributed by atoms with van der Waals surface area (Å²) in [4.78, 5) is 36.8. The van der Waals surface area contributed by atoms with Gasteiger partial charge >= 0.3 is 0 Å². The van der Waals surface area contributed by atoms with E-state index in [0.29, 0.717) is 16.0 Å². The van der Waals surface area contributed by atoms with Crippen LogP contribution in [-0.4, -0.2) is 16.7 Å². The van der Waals surface area contributed by atoms with Gasteiger partial charge in [-0.25, -0.2) is 0 Å². The summed E-state index contributed by atoms with van der Waals surface area (Å²) in [6.07, 6.45) is 0. The Morgan fingerprint density at radius 2 is 1.43 bits per heavy atom. The van der Waals surface area contributed by atoms with Crippen LogP contribution >= 0.6 is 11.8 Å². The van der Waals surface area contributed by atoms with Crippen molar-refractivity contribution in [1.82, 2.24) is 0 Å². The maximum Gasteiger partial charge on any atom is 0.264 e. The van der Waals surface area contributed by atoms with E-state index in [1.807, 2.05) is 6.07 Å². The standard InChI is InChI=1S/C17H10O3S/c18-14(11-7-3-1-4-8-11)13-15(19)17(20)21-16(13)12-9-5-2-6-10-12/h1-10H/i18+1. The summed E-state index contributed by atoms with van der Waals surface area (Å²) in [6.45, 7) is 0. The number of ketones is 2. The lowest BCUT2D eigenvalue weighted by Crippen LogP contribution is -2.15. The summed E-state index contributed by atoms with van der Waals surface area (Å²) in [5, 5.41) is -0.604. The zero-order chi connectivity index (χ0) is 14.8. The van der Waals surface area contributed by atoms with E-state index >= 15 is 0 Å². The van der Waals surface area contributed by atoms with Crippen LogP contribution in [0.15, 0.2) is 66.2 Å². The van der Waals surface area contributed by atoms with E-state index in [4.69, 9.17) is 0 Å². The van der Waals surface area contributed by atoms with Gasteiger partial charge in [-0.1, -0.05) is 60.7 Å². The predicted octanol–water partition coefficient (Wildman–Crippen LogP) is 3.12. The van der Waals surface area contributed by atoms with Gasteiger partial charge in [-0.05, 0) is 17.3 Å². The van der Waals surface area contributed by atoms with Gasteiger partial charge in [-0.3, -0.25) is 14.4 Å². The number of benzene rings is 2. The quantitative estimate of drug-likeness (QED) is 0.496. The molecule has 0 radical (unpaired) electrons. The van der Waals surface area contributed by atoms with Crippen LogP contribution in [-0.2, 0) is 9.59 Å². The smallest absolute Gasteiger partial charge is 0.264 e. The molecule has 3 rings (SSSR count). The number of thioether (sulfide) groups is 1. The van der Waals surface area contributed by atoms with Crippen LogP contribution in [0.2, 0.25) is 0 Å². The first-order chi connectivity index (χ1) is 10.2. The van der Waals surface area contributed by atoms with Gasteiger partial charge in [-0.2, -0.15) is 0 Å². The molecule has 21 heavy (non-hydrogen) atoms. The topological polar surface area (TPSA) is 51.2 Å². The van der Waals surface area contributed by atoms with Gasteiger partial charge in [-0.15, -0.1) is 0 Å². The molecule has 0 atom stereocenters. The van der Waals surface area contributed by atoms with Crippen LogP contribution in [0.5, 0.6) is 0 Å². The van der Waals surface area contributed by atoms with Gasteiger partial charge in [0.15, 0.2) is 5.78 Å². The van der Waals surface area contributed by atoms with Crippen LogP contribution in [0.25, 0.3) is 4.91 Å². The molecule has 0 amide bonds. The number of rotatable bonds is 3. The Labute approximate surface area is 125 Å². The minimum atomic E-state index is -0.715. The molecule has 0 aliphatic carbocycles. The molecule has 102 valence electrons. The number of hydrogen-bond acceptors (Lipinski definition) is 4. The number of allylic oxidation sites excluding steroid dienone is 1. The Morgan fingerprint density at radius 1 is 0.857 bits per heavy atom. The lowest BCUT2D eigenvalue weighted by atomic mass is 9.98. The average Bonchev–Trinajstić information content (AvgIpc) is 2.84. The second kappa shape index (κ2) is 5.50. The van der Waals surface area contributed by atoms with Crippen molar-refractivity contribution >= 4 is 33.3 Å². The van der Waals surface area contributed by atoms with Crippen LogP contribution in [0.1, 0.15) is 15.9 Å². The molecule has 1 heterocycles. The first kappa shape index (κ1) is 13.5. The lowest BCUT2D eigenvalue weighted by molar-refractivity contribution is -0.128. The van der Waals surface area contributed by atoms with Gasteiger partial charge in [0.2, 0.25) is 5.78 Å². The highest BCUT2D eigenvalue weighted by Gasteiger charge is 2.37. The summed E-state index contributed by atoms with van der Waals surface area (Å²) < 4.78 is 0. The second-order valence-corrected chi connectivity index (χ2v) is 5.47. The van der Waals surface area contributed by atoms with E-state index in [0.717, 1.165) is 11.8 Å².